The Morgan fingerprint density at radius 2 is 1.95 bits per heavy atom. The van der Waals surface area contributed by atoms with Crippen LogP contribution >= 0.6 is 11.3 Å². The first-order chi connectivity index (χ1) is 9.42. The van der Waals surface area contributed by atoms with Crippen LogP contribution in [0.1, 0.15) is 49.9 Å². The van der Waals surface area contributed by atoms with Gasteiger partial charge in [0.05, 0.1) is 16.4 Å². The molecule has 20 heavy (non-hydrogen) atoms. The Balaban J connectivity index is 2.23. The summed E-state index contributed by atoms with van der Waals surface area (Å²) in [6.07, 6.45) is 1.61. The molecule has 0 radical (unpaired) electrons. The molecule has 0 spiro atoms. The molecule has 2 heterocycles. The van der Waals surface area contributed by atoms with E-state index in [2.05, 4.69) is 48.4 Å². The summed E-state index contributed by atoms with van der Waals surface area (Å²) in [6.45, 7) is 8.63. The van der Waals surface area contributed by atoms with Crippen LogP contribution in [0.4, 0.5) is 5.82 Å². The summed E-state index contributed by atoms with van der Waals surface area (Å²) in [6, 6.07) is 2.00. The molecule has 108 valence electrons. The Bertz CT molecular complexity index is 562. The Kier molecular flexibility index (Phi) is 4.38. The van der Waals surface area contributed by atoms with Crippen LogP contribution in [0.2, 0.25) is 0 Å². The molecular weight excluding hydrogens is 268 g/mol. The van der Waals surface area contributed by atoms with Crippen molar-refractivity contribution in [1.29, 1.82) is 0 Å². The minimum Gasteiger partial charge on any atom is -0.373 e. The first-order valence-corrected chi connectivity index (χ1v) is 7.79. The van der Waals surface area contributed by atoms with Crippen molar-refractivity contribution in [3.8, 4) is 0 Å². The SMILES string of the molecule is CCc1nc(Cc2nc(C(C)(C)C)cs2)cc(NC)n1. The Labute approximate surface area is 124 Å². The lowest BCUT2D eigenvalue weighted by atomic mass is 9.93. The van der Waals surface area contributed by atoms with Crippen LogP contribution in [0, 0.1) is 0 Å². The first kappa shape index (κ1) is 14.9. The number of anilines is 1. The zero-order valence-corrected chi connectivity index (χ0v) is 13.6. The van der Waals surface area contributed by atoms with Crippen LogP contribution in [0.5, 0.6) is 0 Å². The van der Waals surface area contributed by atoms with E-state index in [0.717, 1.165) is 40.9 Å². The molecule has 0 aliphatic heterocycles. The molecule has 0 bridgehead atoms. The maximum Gasteiger partial charge on any atom is 0.130 e. The fraction of sp³-hybridized carbons (Fsp3) is 0.533. The van der Waals surface area contributed by atoms with Gasteiger partial charge in [0.2, 0.25) is 0 Å². The Morgan fingerprint density at radius 3 is 2.50 bits per heavy atom. The predicted octanol–water partition coefficient (Wildman–Crippen LogP) is 3.43. The number of aromatic nitrogens is 3. The van der Waals surface area contributed by atoms with Gasteiger partial charge in [-0.1, -0.05) is 27.7 Å². The molecule has 0 saturated heterocycles. The predicted molar refractivity (Wildman–Crippen MR) is 84.6 cm³/mol. The van der Waals surface area contributed by atoms with Crippen molar-refractivity contribution in [3.05, 3.63) is 33.7 Å². The minimum absolute atomic E-state index is 0.102. The fourth-order valence-corrected chi connectivity index (χ4v) is 2.86. The molecule has 0 amide bonds. The number of thiazole rings is 1. The Hall–Kier alpha value is -1.49. The Morgan fingerprint density at radius 1 is 1.20 bits per heavy atom. The van der Waals surface area contributed by atoms with Gasteiger partial charge >= 0.3 is 0 Å². The summed E-state index contributed by atoms with van der Waals surface area (Å²) < 4.78 is 0. The highest BCUT2D eigenvalue weighted by Crippen LogP contribution is 2.25. The van der Waals surface area contributed by atoms with E-state index in [1.54, 1.807) is 11.3 Å². The largest absolute Gasteiger partial charge is 0.373 e. The molecule has 2 rings (SSSR count). The van der Waals surface area contributed by atoms with Gasteiger partial charge in [-0.25, -0.2) is 15.0 Å². The van der Waals surface area contributed by atoms with Crippen LogP contribution in [0.25, 0.3) is 0 Å². The molecule has 0 aliphatic carbocycles. The number of nitrogens with one attached hydrogen (secondary N) is 1. The second-order valence-corrected chi connectivity index (χ2v) is 6.76. The highest BCUT2D eigenvalue weighted by molar-refractivity contribution is 7.09. The summed E-state index contributed by atoms with van der Waals surface area (Å²) in [5, 5.41) is 6.35. The van der Waals surface area contributed by atoms with Crippen molar-refractivity contribution in [2.75, 3.05) is 12.4 Å². The van der Waals surface area contributed by atoms with Gasteiger partial charge in [-0.05, 0) is 0 Å². The summed E-state index contributed by atoms with van der Waals surface area (Å²) in [7, 11) is 1.88. The van der Waals surface area contributed by atoms with Crippen LogP contribution in [0.3, 0.4) is 0 Å². The highest BCUT2D eigenvalue weighted by atomic mass is 32.1. The van der Waals surface area contributed by atoms with Crippen molar-refractivity contribution in [2.24, 2.45) is 0 Å². The summed E-state index contributed by atoms with van der Waals surface area (Å²) in [5.41, 5.74) is 2.28. The molecule has 0 aliphatic rings. The van der Waals surface area contributed by atoms with Crippen LogP contribution in [-0.2, 0) is 18.3 Å². The van der Waals surface area contributed by atoms with Gasteiger partial charge in [-0.3, -0.25) is 0 Å². The number of rotatable bonds is 4. The van der Waals surface area contributed by atoms with Crippen LogP contribution < -0.4 is 5.32 Å². The van der Waals surface area contributed by atoms with Gasteiger partial charge in [0, 0.05) is 36.8 Å². The molecule has 1 N–H and O–H groups in total. The standard InChI is InChI=1S/C15H22N4S/c1-6-12-17-10(7-13(16-5)19-12)8-14-18-11(9-20-14)15(2,3)4/h7,9H,6,8H2,1-5H3,(H,16,17,19). The number of nitrogens with zero attached hydrogens (tertiary/aromatic N) is 3. The topological polar surface area (TPSA) is 50.7 Å². The van der Waals surface area contributed by atoms with E-state index >= 15 is 0 Å². The maximum absolute atomic E-state index is 4.73. The molecule has 0 aromatic carbocycles. The van der Waals surface area contributed by atoms with E-state index in [1.807, 2.05) is 13.1 Å². The molecule has 4 nitrogen and oxygen atoms in total. The van der Waals surface area contributed by atoms with E-state index < -0.39 is 0 Å². The van der Waals surface area contributed by atoms with Crippen molar-refractivity contribution < 1.29 is 0 Å². The lowest BCUT2D eigenvalue weighted by Gasteiger charge is -2.14. The summed E-state index contributed by atoms with van der Waals surface area (Å²) in [5.74, 6) is 1.75. The van der Waals surface area contributed by atoms with Gasteiger partial charge in [-0.15, -0.1) is 11.3 Å². The molecule has 2 aromatic rings. The fourth-order valence-electron chi connectivity index (χ4n) is 1.82. The van der Waals surface area contributed by atoms with Gasteiger partial charge in [0.1, 0.15) is 11.6 Å². The van der Waals surface area contributed by atoms with Crippen LogP contribution in [0.15, 0.2) is 11.4 Å². The zero-order valence-electron chi connectivity index (χ0n) is 12.8. The second-order valence-electron chi connectivity index (χ2n) is 5.82. The molecular formula is C15H22N4S. The minimum atomic E-state index is 0.102. The number of hydrogen-bond donors (Lipinski definition) is 1. The van der Waals surface area contributed by atoms with Crippen molar-refractivity contribution in [2.45, 2.75) is 46.0 Å². The molecule has 0 saturated carbocycles. The lowest BCUT2D eigenvalue weighted by molar-refractivity contribution is 0.571. The average Bonchev–Trinajstić information content (AvgIpc) is 2.86. The van der Waals surface area contributed by atoms with Gasteiger partial charge in [0.25, 0.3) is 0 Å². The number of aryl methyl sites for hydroxylation is 1. The average molecular weight is 290 g/mol. The normalized spacial score (nSPS) is 11.7. The quantitative estimate of drug-likeness (QED) is 0.937. The third kappa shape index (κ3) is 3.54. The summed E-state index contributed by atoms with van der Waals surface area (Å²) in [4.78, 5) is 13.7. The van der Waals surface area contributed by atoms with Crippen molar-refractivity contribution >= 4 is 17.2 Å². The van der Waals surface area contributed by atoms with E-state index in [4.69, 9.17) is 4.98 Å². The molecule has 0 fully saturated rings. The van der Waals surface area contributed by atoms with Crippen molar-refractivity contribution in [3.63, 3.8) is 0 Å². The zero-order chi connectivity index (χ0) is 14.8. The molecule has 0 unspecified atom stereocenters. The van der Waals surface area contributed by atoms with Crippen LogP contribution in [-0.4, -0.2) is 22.0 Å². The third-order valence-electron chi connectivity index (χ3n) is 3.05. The van der Waals surface area contributed by atoms with E-state index in [0.29, 0.717) is 0 Å². The smallest absolute Gasteiger partial charge is 0.130 e. The van der Waals surface area contributed by atoms with Crippen molar-refractivity contribution in [1.82, 2.24) is 15.0 Å². The van der Waals surface area contributed by atoms with Gasteiger partial charge in [0.15, 0.2) is 0 Å². The highest BCUT2D eigenvalue weighted by Gasteiger charge is 2.17. The second kappa shape index (κ2) is 5.87. The molecule has 5 heteroatoms. The molecule has 2 aromatic heterocycles. The maximum atomic E-state index is 4.73. The first-order valence-electron chi connectivity index (χ1n) is 6.92. The third-order valence-corrected chi connectivity index (χ3v) is 3.90. The lowest BCUT2D eigenvalue weighted by Crippen LogP contribution is -2.11. The van der Waals surface area contributed by atoms with E-state index in [9.17, 15) is 0 Å². The monoisotopic (exact) mass is 290 g/mol. The van der Waals surface area contributed by atoms with Gasteiger partial charge < -0.3 is 5.32 Å². The summed E-state index contributed by atoms with van der Waals surface area (Å²) >= 11 is 1.71. The van der Waals surface area contributed by atoms with E-state index in [-0.39, 0.29) is 5.41 Å². The molecule has 0 atom stereocenters. The van der Waals surface area contributed by atoms with Gasteiger partial charge in [-0.2, -0.15) is 0 Å². The van der Waals surface area contributed by atoms with E-state index in [1.165, 1.54) is 0 Å². The number of hydrogen-bond acceptors (Lipinski definition) is 5.